The maximum atomic E-state index is 12.8. The maximum Gasteiger partial charge on any atom is 0.271 e. The van der Waals surface area contributed by atoms with Crippen LogP contribution >= 0.6 is 0 Å². The predicted octanol–water partition coefficient (Wildman–Crippen LogP) is 2.99. The van der Waals surface area contributed by atoms with Gasteiger partial charge in [-0.2, -0.15) is 0 Å². The van der Waals surface area contributed by atoms with Gasteiger partial charge in [-0.1, -0.05) is 12.1 Å². The molecule has 170 valence electrons. The lowest BCUT2D eigenvalue weighted by Gasteiger charge is -2.34. The van der Waals surface area contributed by atoms with Crippen molar-refractivity contribution in [1.82, 2.24) is 4.90 Å². The highest BCUT2D eigenvalue weighted by molar-refractivity contribution is 5.96. The minimum atomic E-state index is -0.538. The smallest absolute Gasteiger partial charge is 0.271 e. The SMILES string of the molecule is COc1ccc([N+](=O)[O-])cc1NC(=O)C(C)N1CCC(C(=O)Nc2ccccc2O)CC1. The van der Waals surface area contributed by atoms with Crippen molar-refractivity contribution in [2.45, 2.75) is 25.8 Å². The molecule has 2 amide bonds. The summed E-state index contributed by atoms with van der Waals surface area (Å²) in [6, 6.07) is 10.1. The normalized spacial score (nSPS) is 15.6. The minimum absolute atomic E-state index is 0.0140. The van der Waals surface area contributed by atoms with Gasteiger partial charge in [0.05, 0.1) is 29.4 Å². The predicted molar refractivity (Wildman–Crippen MR) is 119 cm³/mol. The van der Waals surface area contributed by atoms with Crippen LogP contribution < -0.4 is 15.4 Å². The first kappa shape index (κ1) is 23.0. The number of aromatic hydroxyl groups is 1. The maximum absolute atomic E-state index is 12.8. The number of anilines is 2. The molecule has 0 saturated carbocycles. The molecule has 10 heteroatoms. The number of carbonyl (C=O) groups excluding carboxylic acids is 2. The topological polar surface area (TPSA) is 134 Å². The minimum Gasteiger partial charge on any atom is -0.506 e. The van der Waals surface area contributed by atoms with E-state index in [9.17, 15) is 24.8 Å². The van der Waals surface area contributed by atoms with Crippen molar-refractivity contribution in [1.29, 1.82) is 0 Å². The van der Waals surface area contributed by atoms with Gasteiger partial charge in [-0.25, -0.2) is 0 Å². The van der Waals surface area contributed by atoms with Gasteiger partial charge in [0.1, 0.15) is 11.5 Å². The van der Waals surface area contributed by atoms with Gasteiger partial charge in [-0.3, -0.25) is 24.6 Å². The Morgan fingerprint density at radius 1 is 1.16 bits per heavy atom. The van der Waals surface area contributed by atoms with Crippen molar-refractivity contribution in [2.75, 3.05) is 30.8 Å². The third kappa shape index (κ3) is 5.33. The molecule has 2 aromatic carbocycles. The van der Waals surface area contributed by atoms with Crippen LogP contribution in [0.1, 0.15) is 19.8 Å². The number of phenols is 1. The highest BCUT2D eigenvalue weighted by Gasteiger charge is 2.30. The van der Waals surface area contributed by atoms with Gasteiger partial charge < -0.3 is 20.5 Å². The number of methoxy groups -OCH3 is 1. The monoisotopic (exact) mass is 442 g/mol. The number of hydrogen-bond acceptors (Lipinski definition) is 7. The Morgan fingerprint density at radius 3 is 2.47 bits per heavy atom. The summed E-state index contributed by atoms with van der Waals surface area (Å²) >= 11 is 0. The molecule has 1 aliphatic heterocycles. The standard InChI is InChI=1S/C22H26N4O6/c1-14(21(28)24-18-13-16(26(30)31)7-8-20(18)32-2)25-11-9-15(10-12-25)22(29)23-17-5-3-4-6-19(17)27/h3-8,13-15,27H,9-12H2,1-2H3,(H,23,29)(H,24,28). The number of nitro groups is 1. The molecule has 1 heterocycles. The molecular weight excluding hydrogens is 416 g/mol. The summed E-state index contributed by atoms with van der Waals surface area (Å²) in [5.41, 5.74) is 0.457. The summed E-state index contributed by atoms with van der Waals surface area (Å²) in [5.74, 6) is -0.362. The van der Waals surface area contributed by atoms with Crippen LogP contribution in [0.3, 0.4) is 0 Å². The number of ether oxygens (including phenoxy) is 1. The number of phenolic OH excluding ortho intramolecular Hbond substituents is 1. The number of hydrogen-bond donors (Lipinski definition) is 3. The molecule has 1 saturated heterocycles. The highest BCUT2D eigenvalue weighted by Crippen LogP contribution is 2.30. The van der Waals surface area contributed by atoms with Crippen LogP contribution in [0.25, 0.3) is 0 Å². The first-order chi connectivity index (χ1) is 15.3. The molecule has 0 radical (unpaired) electrons. The molecule has 1 atom stereocenters. The van der Waals surface area contributed by atoms with Gasteiger partial charge in [0, 0.05) is 18.1 Å². The van der Waals surface area contributed by atoms with E-state index in [0.717, 1.165) is 0 Å². The zero-order chi connectivity index (χ0) is 23.3. The number of nitro benzene ring substituents is 1. The first-order valence-corrected chi connectivity index (χ1v) is 10.3. The van der Waals surface area contributed by atoms with E-state index in [0.29, 0.717) is 37.4 Å². The quantitative estimate of drug-likeness (QED) is 0.341. The average Bonchev–Trinajstić information content (AvgIpc) is 2.80. The van der Waals surface area contributed by atoms with Crippen molar-refractivity contribution in [2.24, 2.45) is 5.92 Å². The van der Waals surface area contributed by atoms with Gasteiger partial charge in [0.25, 0.3) is 5.69 Å². The lowest BCUT2D eigenvalue weighted by Crippen LogP contribution is -2.47. The number of para-hydroxylation sites is 2. The number of rotatable bonds is 7. The Hall–Kier alpha value is -3.66. The molecule has 1 unspecified atom stereocenters. The second kappa shape index (κ2) is 10.1. The van der Waals surface area contributed by atoms with E-state index in [-0.39, 0.29) is 34.9 Å². The van der Waals surface area contributed by atoms with Gasteiger partial charge in [-0.15, -0.1) is 0 Å². The van der Waals surface area contributed by atoms with Crippen LogP contribution in [0.15, 0.2) is 42.5 Å². The van der Waals surface area contributed by atoms with Crippen molar-refractivity contribution in [3.05, 3.63) is 52.6 Å². The van der Waals surface area contributed by atoms with Crippen LogP contribution in [0.5, 0.6) is 11.5 Å². The summed E-state index contributed by atoms with van der Waals surface area (Å²) in [7, 11) is 1.42. The lowest BCUT2D eigenvalue weighted by atomic mass is 9.94. The lowest BCUT2D eigenvalue weighted by molar-refractivity contribution is -0.384. The summed E-state index contributed by atoms with van der Waals surface area (Å²) in [6.07, 6.45) is 1.13. The summed E-state index contributed by atoms with van der Waals surface area (Å²) in [6.45, 7) is 2.83. The number of amides is 2. The van der Waals surface area contributed by atoms with Crippen LogP contribution in [-0.2, 0) is 9.59 Å². The summed E-state index contributed by atoms with van der Waals surface area (Å²) < 4.78 is 5.19. The van der Waals surface area contributed by atoms with Crippen molar-refractivity contribution in [3.8, 4) is 11.5 Å². The Bertz CT molecular complexity index is 1000. The molecule has 1 fully saturated rings. The molecule has 0 aromatic heterocycles. The molecule has 1 aliphatic rings. The molecule has 0 spiro atoms. The third-order valence-electron chi connectivity index (χ3n) is 5.64. The Morgan fingerprint density at radius 2 is 1.84 bits per heavy atom. The van der Waals surface area contributed by atoms with Crippen molar-refractivity contribution >= 4 is 28.9 Å². The van der Waals surface area contributed by atoms with Crippen molar-refractivity contribution < 1.29 is 24.4 Å². The fourth-order valence-electron chi connectivity index (χ4n) is 3.67. The number of benzene rings is 2. The van der Waals surface area contributed by atoms with E-state index in [1.807, 2.05) is 4.90 Å². The van der Waals surface area contributed by atoms with E-state index >= 15 is 0 Å². The second-order valence-electron chi connectivity index (χ2n) is 7.62. The van der Waals surface area contributed by atoms with E-state index < -0.39 is 11.0 Å². The summed E-state index contributed by atoms with van der Waals surface area (Å²) in [4.78, 5) is 37.8. The number of likely N-dealkylation sites (tertiary alicyclic amines) is 1. The largest absolute Gasteiger partial charge is 0.506 e. The average molecular weight is 442 g/mol. The molecule has 3 rings (SSSR count). The number of piperidine rings is 1. The number of carbonyl (C=O) groups is 2. The number of nitrogens with zero attached hydrogens (tertiary/aromatic N) is 2. The second-order valence-corrected chi connectivity index (χ2v) is 7.62. The Balaban J connectivity index is 1.57. The molecule has 2 aromatic rings. The fourth-order valence-corrected chi connectivity index (χ4v) is 3.67. The van der Waals surface area contributed by atoms with E-state index in [2.05, 4.69) is 10.6 Å². The summed E-state index contributed by atoms with van der Waals surface area (Å²) in [5, 5.41) is 26.3. The van der Waals surface area contributed by atoms with Gasteiger partial charge >= 0.3 is 0 Å². The van der Waals surface area contributed by atoms with Crippen LogP contribution in [-0.4, -0.2) is 53.0 Å². The van der Waals surface area contributed by atoms with E-state index in [1.54, 1.807) is 25.1 Å². The molecular formula is C22H26N4O6. The molecule has 32 heavy (non-hydrogen) atoms. The van der Waals surface area contributed by atoms with Gasteiger partial charge in [-0.05, 0) is 51.1 Å². The van der Waals surface area contributed by atoms with E-state index in [1.165, 1.54) is 31.4 Å². The molecule has 0 bridgehead atoms. The van der Waals surface area contributed by atoms with Gasteiger partial charge in [0.15, 0.2) is 0 Å². The Kier molecular flexibility index (Phi) is 7.26. The fraction of sp³-hybridized carbons (Fsp3) is 0.364. The first-order valence-electron chi connectivity index (χ1n) is 10.3. The van der Waals surface area contributed by atoms with Crippen LogP contribution in [0.2, 0.25) is 0 Å². The molecule has 3 N–H and O–H groups in total. The number of non-ortho nitro benzene ring substituents is 1. The zero-order valence-corrected chi connectivity index (χ0v) is 17.9. The van der Waals surface area contributed by atoms with Crippen LogP contribution in [0.4, 0.5) is 17.1 Å². The van der Waals surface area contributed by atoms with Gasteiger partial charge in [0.2, 0.25) is 11.8 Å². The third-order valence-corrected chi connectivity index (χ3v) is 5.64. The van der Waals surface area contributed by atoms with E-state index in [4.69, 9.17) is 4.74 Å². The highest BCUT2D eigenvalue weighted by atomic mass is 16.6. The number of nitrogens with one attached hydrogen (secondary N) is 2. The zero-order valence-electron chi connectivity index (χ0n) is 17.9. The molecule has 0 aliphatic carbocycles. The molecule has 10 nitrogen and oxygen atoms in total. The van der Waals surface area contributed by atoms with Crippen molar-refractivity contribution in [3.63, 3.8) is 0 Å². The Labute approximate surface area is 185 Å². The van der Waals surface area contributed by atoms with Crippen LogP contribution in [0, 0.1) is 16.0 Å².